The summed E-state index contributed by atoms with van der Waals surface area (Å²) in [6.07, 6.45) is 5.32. The smallest absolute Gasteiger partial charge is 0.237 e. The van der Waals surface area contributed by atoms with E-state index >= 15 is 0 Å². The summed E-state index contributed by atoms with van der Waals surface area (Å²) in [5.41, 5.74) is 5.90. The van der Waals surface area contributed by atoms with Crippen molar-refractivity contribution in [1.29, 1.82) is 0 Å². The predicted molar refractivity (Wildman–Crippen MR) is 121 cm³/mol. The molecule has 1 aliphatic carbocycles. The van der Waals surface area contributed by atoms with E-state index in [0.717, 1.165) is 25.7 Å². The summed E-state index contributed by atoms with van der Waals surface area (Å²) in [6.45, 7) is 7.54. The summed E-state index contributed by atoms with van der Waals surface area (Å²) in [6, 6.07) is -1.35. The van der Waals surface area contributed by atoms with Gasteiger partial charge in [-0.2, -0.15) is 0 Å². The first-order chi connectivity index (χ1) is 14.0. The number of nitrogens with two attached hydrogens (primary N) is 1. The minimum Gasteiger partial charge on any atom is -0.393 e. The van der Waals surface area contributed by atoms with E-state index in [4.69, 9.17) is 5.73 Å². The minimum atomic E-state index is -3.42. The molecule has 0 spiro atoms. The number of carbonyl (C=O) groups excluding carboxylic acids is 2. The van der Waals surface area contributed by atoms with Gasteiger partial charge in [0.2, 0.25) is 13.3 Å². The van der Waals surface area contributed by atoms with Crippen LogP contribution < -0.4 is 11.1 Å². The SMILES string of the molecule is CCC(C)[C@H](NC(=O)[C@@H](N)C(C)C)C(=O)CC[C@@H](O)CP(=O)(O)CC1CCCCC1. The van der Waals surface area contributed by atoms with E-state index in [1.165, 1.54) is 6.42 Å². The van der Waals surface area contributed by atoms with Crippen LogP contribution in [0.1, 0.15) is 79.1 Å². The van der Waals surface area contributed by atoms with Gasteiger partial charge in [0.15, 0.2) is 5.78 Å². The summed E-state index contributed by atoms with van der Waals surface area (Å²) >= 11 is 0. The summed E-state index contributed by atoms with van der Waals surface area (Å²) in [5.74, 6) is -0.363. The Balaban J connectivity index is 2.57. The largest absolute Gasteiger partial charge is 0.393 e. The first-order valence-electron chi connectivity index (χ1n) is 11.5. The van der Waals surface area contributed by atoms with Gasteiger partial charge >= 0.3 is 0 Å². The molecule has 1 saturated carbocycles. The highest BCUT2D eigenvalue weighted by molar-refractivity contribution is 7.58. The van der Waals surface area contributed by atoms with Crippen molar-refractivity contribution >= 4 is 19.1 Å². The Labute approximate surface area is 182 Å². The van der Waals surface area contributed by atoms with Crippen LogP contribution in [0.2, 0.25) is 0 Å². The van der Waals surface area contributed by atoms with Crippen LogP contribution in [0.4, 0.5) is 0 Å². The van der Waals surface area contributed by atoms with E-state index < -0.39 is 25.6 Å². The molecule has 176 valence electrons. The van der Waals surface area contributed by atoms with Gasteiger partial charge in [0.05, 0.1) is 24.3 Å². The van der Waals surface area contributed by atoms with Crippen molar-refractivity contribution in [3.05, 3.63) is 0 Å². The zero-order valence-electron chi connectivity index (χ0n) is 19.2. The fourth-order valence-corrected chi connectivity index (χ4v) is 6.22. The van der Waals surface area contributed by atoms with Crippen LogP contribution in [0.15, 0.2) is 0 Å². The number of Topliss-reactive ketones (excluding diaryl/α,β-unsaturated/α-hetero) is 1. The number of ketones is 1. The lowest BCUT2D eigenvalue weighted by Gasteiger charge is -2.27. The lowest BCUT2D eigenvalue weighted by Crippen LogP contribution is -2.52. The maximum atomic E-state index is 12.8. The molecule has 0 bridgehead atoms. The van der Waals surface area contributed by atoms with Crippen LogP contribution in [-0.4, -0.2) is 52.2 Å². The number of hydrogen-bond donors (Lipinski definition) is 4. The molecule has 8 heteroatoms. The van der Waals surface area contributed by atoms with Gasteiger partial charge in [0.25, 0.3) is 0 Å². The molecule has 1 rings (SSSR count). The van der Waals surface area contributed by atoms with E-state index in [-0.39, 0.29) is 54.6 Å². The number of nitrogens with one attached hydrogen (secondary N) is 1. The number of amides is 1. The molecule has 5 atom stereocenters. The molecule has 0 radical (unpaired) electrons. The van der Waals surface area contributed by atoms with Crippen molar-refractivity contribution in [3.8, 4) is 0 Å². The van der Waals surface area contributed by atoms with Crippen LogP contribution in [0, 0.1) is 17.8 Å². The summed E-state index contributed by atoms with van der Waals surface area (Å²) in [7, 11) is -3.42. The van der Waals surface area contributed by atoms with Crippen LogP contribution in [-0.2, 0) is 14.2 Å². The van der Waals surface area contributed by atoms with Crippen LogP contribution in [0.25, 0.3) is 0 Å². The molecule has 0 aromatic carbocycles. The third-order valence-electron chi connectivity index (χ3n) is 6.37. The lowest BCUT2D eigenvalue weighted by molar-refractivity contribution is -0.130. The summed E-state index contributed by atoms with van der Waals surface area (Å²) < 4.78 is 12.5. The monoisotopic (exact) mass is 446 g/mol. The maximum absolute atomic E-state index is 12.8. The first-order valence-corrected chi connectivity index (χ1v) is 13.6. The molecular formula is C22H43N2O5P. The Morgan fingerprint density at radius 2 is 1.77 bits per heavy atom. The Morgan fingerprint density at radius 3 is 2.30 bits per heavy atom. The van der Waals surface area contributed by atoms with E-state index in [0.29, 0.717) is 6.42 Å². The van der Waals surface area contributed by atoms with Crippen LogP contribution in [0.5, 0.6) is 0 Å². The zero-order valence-corrected chi connectivity index (χ0v) is 20.1. The van der Waals surface area contributed by atoms with Crippen molar-refractivity contribution in [2.24, 2.45) is 23.5 Å². The second-order valence-corrected chi connectivity index (χ2v) is 11.9. The maximum Gasteiger partial charge on any atom is 0.237 e. The Bertz CT molecular complexity index is 592. The predicted octanol–water partition coefficient (Wildman–Crippen LogP) is 3.06. The van der Waals surface area contributed by atoms with Crippen LogP contribution in [0.3, 0.4) is 0 Å². The Kier molecular flexibility index (Phi) is 11.8. The fraction of sp³-hybridized carbons (Fsp3) is 0.909. The van der Waals surface area contributed by atoms with Gasteiger partial charge in [0.1, 0.15) is 0 Å². The topological polar surface area (TPSA) is 130 Å². The van der Waals surface area contributed by atoms with Gasteiger partial charge in [0, 0.05) is 12.6 Å². The molecule has 0 aromatic rings. The molecule has 0 heterocycles. The molecule has 1 fully saturated rings. The van der Waals surface area contributed by atoms with E-state index in [9.17, 15) is 24.2 Å². The number of aliphatic hydroxyl groups excluding tert-OH is 1. The number of rotatable bonds is 13. The van der Waals surface area contributed by atoms with Crippen LogP contribution >= 0.6 is 7.37 Å². The second kappa shape index (κ2) is 12.9. The molecule has 2 unspecified atom stereocenters. The highest BCUT2D eigenvalue weighted by atomic mass is 31.2. The number of aliphatic hydroxyl groups is 1. The molecule has 7 nitrogen and oxygen atoms in total. The molecule has 30 heavy (non-hydrogen) atoms. The van der Waals surface area contributed by atoms with Gasteiger partial charge in [-0.3, -0.25) is 14.2 Å². The third kappa shape index (κ3) is 9.59. The molecule has 0 aromatic heterocycles. The molecule has 0 aliphatic heterocycles. The van der Waals surface area contributed by atoms with Crippen molar-refractivity contribution in [1.82, 2.24) is 5.32 Å². The van der Waals surface area contributed by atoms with Crippen molar-refractivity contribution in [3.63, 3.8) is 0 Å². The van der Waals surface area contributed by atoms with Crippen molar-refractivity contribution in [2.75, 3.05) is 12.3 Å². The average molecular weight is 447 g/mol. The highest BCUT2D eigenvalue weighted by Gasteiger charge is 2.31. The zero-order chi connectivity index (χ0) is 22.9. The summed E-state index contributed by atoms with van der Waals surface area (Å²) in [4.78, 5) is 35.4. The Morgan fingerprint density at radius 1 is 1.17 bits per heavy atom. The number of hydrogen-bond acceptors (Lipinski definition) is 5. The van der Waals surface area contributed by atoms with Crippen molar-refractivity contribution in [2.45, 2.75) is 97.2 Å². The molecular weight excluding hydrogens is 403 g/mol. The van der Waals surface area contributed by atoms with E-state index in [2.05, 4.69) is 5.32 Å². The van der Waals surface area contributed by atoms with Crippen molar-refractivity contribution < 1.29 is 24.2 Å². The molecule has 5 N–H and O–H groups in total. The lowest BCUT2D eigenvalue weighted by atomic mass is 9.91. The normalized spacial score (nSPS) is 21.5. The minimum absolute atomic E-state index is 0.0395. The Hall–Kier alpha value is -0.750. The molecule has 0 saturated heterocycles. The molecule has 1 amide bonds. The quantitative estimate of drug-likeness (QED) is 0.322. The first kappa shape index (κ1) is 27.3. The third-order valence-corrected chi connectivity index (χ3v) is 8.45. The van der Waals surface area contributed by atoms with Gasteiger partial charge in [-0.05, 0) is 37.0 Å². The fourth-order valence-electron chi connectivity index (χ4n) is 4.06. The molecule has 1 aliphatic rings. The second-order valence-electron chi connectivity index (χ2n) is 9.52. The van der Waals surface area contributed by atoms with Gasteiger partial charge in [-0.25, -0.2) is 0 Å². The average Bonchev–Trinajstić information content (AvgIpc) is 2.68. The number of carbonyl (C=O) groups is 2. The van der Waals surface area contributed by atoms with E-state index in [1.54, 1.807) is 0 Å². The van der Waals surface area contributed by atoms with E-state index in [1.807, 2.05) is 27.7 Å². The van der Waals surface area contributed by atoms with Gasteiger partial charge < -0.3 is 21.1 Å². The van der Waals surface area contributed by atoms with Gasteiger partial charge in [-0.15, -0.1) is 0 Å². The standard InChI is InChI=1S/C22H43N2O5P/c1-5-16(4)21(24-22(27)20(23)15(2)3)19(26)12-11-18(25)14-30(28,29)13-17-9-7-6-8-10-17/h15-18,20-21,25H,5-14,23H2,1-4H3,(H,24,27)(H,28,29)/t16?,18-,20+,21+/m1/s1. The summed E-state index contributed by atoms with van der Waals surface area (Å²) in [5, 5.41) is 13.1. The highest BCUT2D eigenvalue weighted by Crippen LogP contribution is 2.46. The van der Waals surface area contributed by atoms with Gasteiger partial charge in [-0.1, -0.05) is 53.4 Å².